The third kappa shape index (κ3) is 82.4. The predicted molar refractivity (Wildman–Crippen MR) is 460 cm³/mol. The van der Waals surface area contributed by atoms with Gasteiger partial charge in [-0.1, -0.05) is 413 Å². The van der Waals surface area contributed by atoms with E-state index < -0.39 is 97.5 Å². The summed E-state index contributed by atoms with van der Waals surface area (Å²) in [4.78, 5) is 73.4. The van der Waals surface area contributed by atoms with Crippen LogP contribution in [0.2, 0.25) is 0 Å². The van der Waals surface area contributed by atoms with Gasteiger partial charge >= 0.3 is 39.5 Å². The van der Waals surface area contributed by atoms with Gasteiger partial charge in [0.2, 0.25) is 0 Å². The van der Waals surface area contributed by atoms with Gasteiger partial charge < -0.3 is 33.8 Å². The topological polar surface area (TPSA) is 237 Å². The van der Waals surface area contributed by atoms with Crippen molar-refractivity contribution in [3.8, 4) is 0 Å². The van der Waals surface area contributed by atoms with Crippen molar-refractivity contribution < 1.29 is 80.2 Å². The van der Waals surface area contributed by atoms with Gasteiger partial charge in [0.25, 0.3) is 0 Å². The van der Waals surface area contributed by atoms with Crippen molar-refractivity contribution in [1.29, 1.82) is 0 Å². The molecule has 0 fully saturated rings. The van der Waals surface area contributed by atoms with Crippen LogP contribution in [0.3, 0.4) is 0 Å². The molecule has 656 valence electrons. The standard InChI is InChI=1S/C92H176O17P2/c1-8-11-12-13-14-15-16-17-26-34-39-46-54-61-68-75-91(96)109-88(80-103-90(95)74-67-60-53-48-41-42-49-56-63-70-83(4)5)82-107-111(100,101)105-78-86(93)77-104-110(98,99)106-81-87(108-92(97)76-69-62-55-47-40-35-30-25-21-19-23-28-32-37-44-51-58-65-72-85(7)10-3)79-102-89(94)73-66-59-52-45-38-33-29-24-20-18-22-27-31-36-43-50-57-64-71-84(6)9-2/h15-17,26,83-88,93H,8-14,18-25,27-82H2,1-7H3,(H,98,99)(H,100,101)/b16-15-,26-17-/t84?,85?,86-,87-,88-/m1/s1. The summed E-state index contributed by atoms with van der Waals surface area (Å²) < 4.78 is 69.0. The Morgan fingerprint density at radius 1 is 0.297 bits per heavy atom. The molecule has 0 saturated heterocycles. The smallest absolute Gasteiger partial charge is 0.462 e. The molecule has 0 aliphatic rings. The van der Waals surface area contributed by atoms with Gasteiger partial charge in [0.1, 0.15) is 19.3 Å². The van der Waals surface area contributed by atoms with Gasteiger partial charge in [-0.15, -0.1) is 0 Å². The first kappa shape index (κ1) is 109. The second-order valence-corrected chi connectivity index (χ2v) is 36.2. The Kier molecular flexibility index (Phi) is 79.5. The lowest BCUT2D eigenvalue weighted by atomic mass is 9.99. The average Bonchev–Trinajstić information content (AvgIpc) is 0.905. The molecular weight excluding hydrogens is 1440 g/mol. The highest BCUT2D eigenvalue weighted by atomic mass is 31.2. The lowest BCUT2D eigenvalue weighted by Crippen LogP contribution is -2.30. The van der Waals surface area contributed by atoms with Crippen LogP contribution in [0.25, 0.3) is 0 Å². The maximum Gasteiger partial charge on any atom is 0.472 e. The monoisotopic (exact) mass is 1620 g/mol. The van der Waals surface area contributed by atoms with Crippen molar-refractivity contribution in [1.82, 2.24) is 0 Å². The summed E-state index contributed by atoms with van der Waals surface area (Å²) in [5.41, 5.74) is 0. The molecule has 0 saturated carbocycles. The van der Waals surface area contributed by atoms with Crippen LogP contribution in [0.1, 0.15) is 466 Å². The fourth-order valence-corrected chi connectivity index (χ4v) is 15.4. The van der Waals surface area contributed by atoms with Crippen LogP contribution in [0.4, 0.5) is 0 Å². The van der Waals surface area contributed by atoms with Crippen LogP contribution < -0.4 is 0 Å². The van der Waals surface area contributed by atoms with Gasteiger partial charge in [-0.2, -0.15) is 0 Å². The van der Waals surface area contributed by atoms with Gasteiger partial charge in [0.15, 0.2) is 12.2 Å². The molecule has 0 heterocycles. The molecule has 0 bridgehead atoms. The Morgan fingerprint density at radius 3 is 0.802 bits per heavy atom. The van der Waals surface area contributed by atoms with Crippen molar-refractivity contribution >= 4 is 39.5 Å². The molecular formula is C92H176O17P2. The molecule has 3 N–H and O–H groups in total. The minimum atomic E-state index is -4.98. The van der Waals surface area contributed by atoms with Crippen molar-refractivity contribution in [2.75, 3.05) is 39.6 Å². The summed E-state index contributed by atoms with van der Waals surface area (Å²) >= 11 is 0. The normalized spacial score (nSPS) is 14.4. The van der Waals surface area contributed by atoms with Crippen LogP contribution in [0, 0.1) is 17.8 Å². The first-order chi connectivity index (χ1) is 53.8. The van der Waals surface area contributed by atoms with E-state index in [1.165, 1.54) is 263 Å². The lowest BCUT2D eigenvalue weighted by Gasteiger charge is -2.21. The van der Waals surface area contributed by atoms with E-state index in [9.17, 15) is 43.2 Å². The van der Waals surface area contributed by atoms with Crippen LogP contribution in [0.15, 0.2) is 24.3 Å². The molecule has 0 aromatic rings. The number of carbonyl (C=O) groups excluding carboxylic acids is 4. The number of hydrogen-bond acceptors (Lipinski definition) is 15. The number of phosphoric acid groups is 2. The molecule has 0 radical (unpaired) electrons. The highest BCUT2D eigenvalue weighted by Gasteiger charge is 2.31. The number of allylic oxidation sites excluding steroid dienone is 4. The minimum absolute atomic E-state index is 0.0848. The Hall–Kier alpha value is -2.46. The first-order valence-corrected chi connectivity index (χ1v) is 49.7. The molecule has 111 heavy (non-hydrogen) atoms. The summed E-state index contributed by atoms with van der Waals surface area (Å²) in [6.07, 6.45) is 77.2. The van der Waals surface area contributed by atoms with E-state index in [1.807, 2.05) is 0 Å². The quantitative estimate of drug-likeness (QED) is 0.0169. The van der Waals surface area contributed by atoms with Gasteiger partial charge in [-0.25, -0.2) is 9.13 Å². The molecule has 0 aromatic carbocycles. The van der Waals surface area contributed by atoms with Crippen molar-refractivity contribution in [2.45, 2.75) is 484 Å². The number of ether oxygens (including phenoxy) is 4. The number of esters is 4. The van der Waals surface area contributed by atoms with E-state index in [4.69, 9.17) is 37.0 Å². The van der Waals surface area contributed by atoms with Crippen molar-refractivity contribution in [3.63, 3.8) is 0 Å². The summed E-state index contributed by atoms with van der Waals surface area (Å²) in [7, 11) is -9.95. The fourth-order valence-electron chi connectivity index (χ4n) is 13.8. The zero-order chi connectivity index (χ0) is 81.5. The highest BCUT2D eigenvalue weighted by Crippen LogP contribution is 2.45. The summed E-state index contributed by atoms with van der Waals surface area (Å²) in [5, 5.41) is 10.7. The average molecular weight is 1620 g/mol. The Labute approximate surface area is 682 Å². The SMILES string of the molecule is CCCCCC/C=C\C=C/CCCCCCCC(=O)O[C@H](COC(=O)CCCCCCCCCCCC(C)C)COP(=O)(O)OC[C@H](O)COP(=O)(O)OC[C@@H](COC(=O)CCCCCCCCCCCCCCCCCCCCC(C)CC)OC(=O)CCCCCCCCCCCCCCCCCCCCC(C)CC. The summed E-state index contributed by atoms with van der Waals surface area (Å²) in [5.74, 6) is 0.355. The zero-order valence-corrected chi connectivity index (χ0v) is 74.7. The summed E-state index contributed by atoms with van der Waals surface area (Å²) in [6.45, 7) is 12.1. The minimum Gasteiger partial charge on any atom is -0.462 e. The maximum absolute atomic E-state index is 13.2. The number of hydrogen-bond donors (Lipinski definition) is 3. The Bertz CT molecular complexity index is 2230. The molecule has 4 unspecified atom stereocenters. The molecule has 0 spiro atoms. The third-order valence-electron chi connectivity index (χ3n) is 21.7. The van der Waals surface area contributed by atoms with Crippen LogP contribution >= 0.6 is 15.6 Å². The van der Waals surface area contributed by atoms with E-state index in [-0.39, 0.29) is 25.7 Å². The van der Waals surface area contributed by atoms with Gasteiger partial charge in [0, 0.05) is 25.7 Å². The second kappa shape index (κ2) is 81.3. The molecule has 0 aromatic heterocycles. The number of aliphatic hydroxyl groups is 1. The highest BCUT2D eigenvalue weighted by molar-refractivity contribution is 7.47. The number of phosphoric ester groups is 2. The van der Waals surface area contributed by atoms with E-state index in [0.29, 0.717) is 25.7 Å². The van der Waals surface area contributed by atoms with E-state index >= 15 is 0 Å². The molecule has 7 atom stereocenters. The van der Waals surface area contributed by atoms with Crippen molar-refractivity contribution in [2.24, 2.45) is 17.8 Å². The Balaban J connectivity index is 5.26. The van der Waals surface area contributed by atoms with Gasteiger partial charge in [0.05, 0.1) is 26.4 Å². The molecule has 17 nitrogen and oxygen atoms in total. The second-order valence-electron chi connectivity index (χ2n) is 33.3. The van der Waals surface area contributed by atoms with Gasteiger partial charge in [-0.3, -0.25) is 37.3 Å². The van der Waals surface area contributed by atoms with E-state index in [0.717, 1.165) is 120 Å². The number of rotatable bonds is 88. The number of carbonyl (C=O) groups is 4. The summed E-state index contributed by atoms with van der Waals surface area (Å²) in [6, 6.07) is 0. The molecule has 0 amide bonds. The van der Waals surface area contributed by atoms with E-state index in [1.54, 1.807) is 0 Å². The molecule has 19 heteroatoms. The number of unbranched alkanes of at least 4 members (excludes halogenated alkanes) is 51. The predicted octanol–water partition coefficient (Wildman–Crippen LogP) is 28.0. The lowest BCUT2D eigenvalue weighted by molar-refractivity contribution is -0.161. The molecule has 0 rings (SSSR count). The first-order valence-electron chi connectivity index (χ1n) is 46.7. The fraction of sp³-hybridized carbons (Fsp3) is 0.913. The van der Waals surface area contributed by atoms with E-state index in [2.05, 4.69) is 72.8 Å². The third-order valence-corrected chi connectivity index (χ3v) is 23.6. The van der Waals surface area contributed by atoms with Crippen molar-refractivity contribution in [3.05, 3.63) is 24.3 Å². The van der Waals surface area contributed by atoms with Crippen LogP contribution in [-0.4, -0.2) is 96.7 Å². The van der Waals surface area contributed by atoms with Crippen LogP contribution in [-0.2, 0) is 65.4 Å². The molecule has 0 aliphatic carbocycles. The number of aliphatic hydroxyl groups excluding tert-OH is 1. The molecule has 0 aliphatic heterocycles. The zero-order valence-electron chi connectivity index (χ0n) is 72.9. The Morgan fingerprint density at radius 2 is 0.532 bits per heavy atom. The van der Waals surface area contributed by atoms with Gasteiger partial charge in [-0.05, 0) is 69.1 Å². The maximum atomic E-state index is 13.2. The largest absolute Gasteiger partial charge is 0.472 e. The van der Waals surface area contributed by atoms with Crippen LogP contribution in [0.5, 0.6) is 0 Å².